The molecular formula is C28H29ClN4O6S2. The average Bonchev–Trinajstić information content (AvgIpc) is 3.44. The van der Waals surface area contributed by atoms with Crippen molar-refractivity contribution >= 4 is 45.0 Å². The molecule has 10 nitrogen and oxygen atoms in total. The van der Waals surface area contributed by atoms with Gasteiger partial charge in [0.2, 0.25) is 11.7 Å². The van der Waals surface area contributed by atoms with Gasteiger partial charge < -0.3 is 19.5 Å². The highest BCUT2D eigenvalue weighted by Gasteiger charge is 2.38. The Bertz CT molecular complexity index is 1660. The van der Waals surface area contributed by atoms with E-state index in [1.807, 2.05) is 25.1 Å². The summed E-state index contributed by atoms with van der Waals surface area (Å²) in [5.41, 5.74) is -0.263. The number of carbonyl (C=O) groups excluding carboxylic acids is 2. The summed E-state index contributed by atoms with van der Waals surface area (Å²) in [5, 5.41) is 11.1. The molecule has 2 amide bonds. The minimum atomic E-state index is -3.65. The third kappa shape index (κ3) is 6.00. The number of hydrogen-bond donors (Lipinski definition) is 1. The van der Waals surface area contributed by atoms with Gasteiger partial charge in [-0.2, -0.15) is 4.98 Å². The van der Waals surface area contributed by atoms with Crippen molar-refractivity contribution in [2.75, 3.05) is 31.1 Å². The van der Waals surface area contributed by atoms with Gasteiger partial charge in [-0.15, -0.1) is 11.8 Å². The van der Waals surface area contributed by atoms with Crippen LogP contribution in [0.5, 0.6) is 5.75 Å². The lowest BCUT2D eigenvalue weighted by atomic mass is 10.1. The van der Waals surface area contributed by atoms with Crippen LogP contribution in [0, 0.1) is 6.92 Å². The molecule has 5 rings (SSSR count). The Kier molecular flexibility index (Phi) is 8.44. The second-order valence-electron chi connectivity index (χ2n) is 10.0. The number of likely N-dealkylation sites (tertiary alicyclic amines) is 1. The van der Waals surface area contributed by atoms with E-state index in [9.17, 15) is 27.9 Å². The van der Waals surface area contributed by atoms with Crippen molar-refractivity contribution in [3.05, 3.63) is 81.0 Å². The number of carbonyl (C=O) groups is 2. The van der Waals surface area contributed by atoms with E-state index in [1.54, 1.807) is 23.1 Å². The molecule has 2 aliphatic heterocycles. The normalized spacial score (nSPS) is 17.1. The molecule has 0 saturated carbocycles. The van der Waals surface area contributed by atoms with Gasteiger partial charge in [0.25, 0.3) is 5.91 Å². The molecule has 1 saturated heterocycles. The summed E-state index contributed by atoms with van der Waals surface area (Å²) >= 11 is 7.55. The molecule has 2 aromatic carbocycles. The molecule has 2 aliphatic rings. The number of sulfone groups is 1. The minimum Gasteiger partial charge on any atom is -0.501 e. The highest BCUT2D eigenvalue weighted by atomic mass is 35.5. The number of aryl methyl sites for hydroxylation is 1. The first kappa shape index (κ1) is 29.2. The van der Waals surface area contributed by atoms with Gasteiger partial charge in [0.15, 0.2) is 15.5 Å². The highest BCUT2D eigenvalue weighted by molar-refractivity contribution is 8.00. The van der Waals surface area contributed by atoms with Gasteiger partial charge in [0.05, 0.1) is 27.5 Å². The van der Waals surface area contributed by atoms with E-state index < -0.39 is 33.1 Å². The predicted octanol–water partition coefficient (Wildman–Crippen LogP) is 3.30. The Morgan fingerprint density at radius 2 is 1.83 bits per heavy atom. The quantitative estimate of drug-likeness (QED) is 0.382. The van der Waals surface area contributed by atoms with Crippen molar-refractivity contribution in [2.24, 2.45) is 0 Å². The number of aromatic nitrogens is 2. The monoisotopic (exact) mass is 616 g/mol. The summed E-state index contributed by atoms with van der Waals surface area (Å²) in [6.07, 6.45) is 1.24. The van der Waals surface area contributed by atoms with Gasteiger partial charge >= 0.3 is 5.56 Å². The first-order valence-electron chi connectivity index (χ1n) is 13.2. The Morgan fingerprint density at radius 3 is 2.56 bits per heavy atom. The molecule has 0 aliphatic carbocycles. The third-order valence-electron chi connectivity index (χ3n) is 7.34. The molecule has 0 unspecified atom stereocenters. The van der Waals surface area contributed by atoms with Gasteiger partial charge in [-0.05, 0) is 44.0 Å². The van der Waals surface area contributed by atoms with Crippen molar-refractivity contribution in [2.45, 2.75) is 42.1 Å². The maximum absolute atomic E-state index is 13.4. The van der Waals surface area contributed by atoms with Crippen molar-refractivity contribution < 1.29 is 23.1 Å². The fourth-order valence-corrected chi connectivity index (χ4v) is 7.53. The molecule has 13 heteroatoms. The average molecular weight is 617 g/mol. The van der Waals surface area contributed by atoms with Crippen molar-refractivity contribution in [1.82, 2.24) is 19.4 Å². The van der Waals surface area contributed by atoms with E-state index in [1.165, 1.54) is 33.4 Å². The number of aromatic hydroxyl groups is 1. The van der Waals surface area contributed by atoms with Crippen molar-refractivity contribution in [3.8, 4) is 5.75 Å². The van der Waals surface area contributed by atoms with Crippen LogP contribution >= 0.6 is 23.4 Å². The molecule has 0 radical (unpaired) electrons. The summed E-state index contributed by atoms with van der Waals surface area (Å²) in [7, 11) is -3.65. The second-order valence-corrected chi connectivity index (χ2v) is 13.5. The first-order valence-corrected chi connectivity index (χ1v) is 16.2. The molecular weight excluding hydrogens is 588 g/mol. The first-order chi connectivity index (χ1) is 19.6. The molecule has 1 fully saturated rings. The van der Waals surface area contributed by atoms with E-state index in [0.717, 1.165) is 10.5 Å². The summed E-state index contributed by atoms with van der Waals surface area (Å²) in [4.78, 5) is 47.4. The number of nitrogens with zero attached hydrogens (tertiary/aromatic N) is 4. The van der Waals surface area contributed by atoms with E-state index >= 15 is 0 Å². The highest BCUT2D eigenvalue weighted by Crippen LogP contribution is 2.35. The van der Waals surface area contributed by atoms with Crippen LogP contribution in [0.1, 0.15) is 40.8 Å². The second kappa shape index (κ2) is 11.9. The Morgan fingerprint density at radius 1 is 1.10 bits per heavy atom. The number of hydrogen-bond acceptors (Lipinski definition) is 8. The van der Waals surface area contributed by atoms with Crippen LogP contribution in [-0.2, 0) is 21.2 Å². The molecule has 1 aromatic heterocycles. The lowest BCUT2D eigenvalue weighted by Gasteiger charge is -2.33. The number of halogens is 1. The topological polar surface area (TPSA) is 130 Å². The number of rotatable bonds is 8. The summed E-state index contributed by atoms with van der Waals surface area (Å²) in [5.74, 6) is -1.51. The Balaban J connectivity index is 1.35. The molecule has 0 bridgehead atoms. The lowest BCUT2D eigenvalue weighted by molar-refractivity contribution is -0.129. The molecule has 1 atom stereocenters. The third-order valence-corrected chi connectivity index (χ3v) is 10.6. The van der Waals surface area contributed by atoms with Gasteiger partial charge in [-0.3, -0.25) is 14.4 Å². The zero-order valence-electron chi connectivity index (χ0n) is 22.3. The standard InChI is InChI=1S/C28H29ClN4O6S2/c1-18-8-10-19(11-9-18)41(38,39)16-15-31-13-14-33-24(28(31)37)25(35)27(36)30-26(33)21-6-4-12-32(21)23(34)17-40-22-7-3-2-5-20(22)29/h2-3,5,7-11,21,35H,4,6,12-17H2,1H3/t21-/m0/s1. The number of fused-ring (bicyclic) bond motifs is 1. The smallest absolute Gasteiger partial charge is 0.315 e. The van der Waals surface area contributed by atoms with Crippen molar-refractivity contribution in [3.63, 3.8) is 0 Å². The van der Waals surface area contributed by atoms with Crippen molar-refractivity contribution in [1.29, 1.82) is 0 Å². The van der Waals surface area contributed by atoms with Gasteiger partial charge in [-0.25, -0.2) is 8.42 Å². The predicted molar refractivity (Wildman–Crippen MR) is 155 cm³/mol. The minimum absolute atomic E-state index is 0.104. The van der Waals surface area contributed by atoms with Crippen LogP contribution in [0.3, 0.4) is 0 Å². The molecule has 1 N–H and O–H groups in total. The number of amides is 2. The Labute approximate surface area is 246 Å². The van der Waals surface area contributed by atoms with E-state index in [2.05, 4.69) is 4.98 Å². The van der Waals surface area contributed by atoms with Gasteiger partial charge in [0, 0.05) is 31.1 Å². The van der Waals surface area contributed by atoms with Crippen LogP contribution in [0.25, 0.3) is 0 Å². The van der Waals surface area contributed by atoms with Crippen LogP contribution in [0.4, 0.5) is 0 Å². The molecule has 0 spiro atoms. The fraction of sp³-hybridized carbons (Fsp3) is 0.357. The lowest BCUT2D eigenvalue weighted by Crippen LogP contribution is -2.46. The number of thioether (sulfide) groups is 1. The molecule has 41 heavy (non-hydrogen) atoms. The SMILES string of the molecule is Cc1ccc(S(=O)(=O)CCN2CCn3c([C@@H]4CCCN4C(=O)CSc4ccccc4Cl)nc(=O)c(O)c3C2=O)cc1. The zero-order valence-corrected chi connectivity index (χ0v) is 24.7. The largest absolute Gasteiger partial charge is 0.501 e. The van der Waals surface area contributed by atoms with E-state index in [4.69, 9.17) is 11.6 Å². The van der Waals surface area contributed by atoms with Gasteiger partial charge in [0.1, 0.15) is 5.82 Å². The van der Waals surface area contributed by atoms with E-state index in [0.29, 0.717) is 24.4 Å². The fourth-order valence-electron chi connectivity index (χ4n) is 5.16. The maximum atomic E-state index is 13.4. The Hall–Kier alpha value is -3.35. The summed E-state index contributed by atoms with van der Waals surface area (Å²) in [6, 6.07) is 13.2. The summed E-state index contributed by atoms with van der Waals surface area (Å²) < 4.78 is 27.2. The molecule has 216 valence electrons. The van der Waals surface area contributed by atoms with Crippen LogP contribution in [-0.4, -0.2) is 75.8 Å². The van der Waals surface area contributed by atoms with E-state index in [-0.39, 0.29) is 53.5 Å². The number of benzene rings is 2. The van der Waals surface area contributed by atoms with Crippen LogP contribution in [0.15, 0.2) is 63.1 Å². The van der Waals surface area contributed by atoms with Gasteiger partial charge in [-0.1, -0.05) is 41.4 Å². The van der Waals surface area contributed by atoms with Crippen LogP contribution in [0.2, 0.25) is 5.02 Å². The van der Waals surface area contributed by atoms with Crippen LogP contribution < -0.4 is 5.56 Å². The maximum Gasteiger partial charge on any atom is 0.315 e. The summed E-state index contributed by atoms with van der Waals surface area (Å²) in [6.45, 7) is 2.57. The molecule has 3 aromatic rings. The zero-order chi connectivity index (χ0) is 29.3. The molecule has 3 heterocycles.